The molecular formula is C24H20N6O3. The van der Waals surface area contributed by atoms with E-state index in [0.29, 0.717) is 18.8 Å². The zero-order valence-corrected chi connectivity index (χ0v) is 17.5. The van der Waals surface area contributed by atoms with E-state index in [0.717, 1.165) is 23.1 Å². The molecule has 0 amide bonds. The molecule has 4 rings (SSSR count). The van der Waals surface area contributed by atoms with Crippen molar-refractivity contribution in [3.05, 3.63) is 101 Å². The Bertz CT molecular complexity index is 1220. The molecule has 9 nitrogen and oxygen atoms in total. The van der Waals surface area contributed by atoms with Crippen LogP contribution in [0.5, 0.6) is 11.5 Å². The Hall–Kier alpha value is -4.66. The molecule has 33 heavy (non-hydrogen) atoms. The first kappa shape index (κ1) is 21.6. The largest absolute Gasteiger partial charge is 0.505 e. The van der Waals surface area contributed by atoms with E-state index < -0.39 is 5.75 Å². The molecule has 0 aliphatic carbocycles. The molecule has 2 aromatic carbocycles. The zero-order chi connectivity index (χ0) is 23.0. The summed E-state index contributed by atoms with van der Waals surface area (Å²) in [7, 11) is 0. The molecule has 0 bridgehead atoms. The number of nitroso groups, excluding NO2 is 1. The number of phenolic OH excluding ortho intramolecular Hbond substituents is 2. The number of aromatic nitrogens is 2. The highest BCUT2D eigenvalue weighted by molar-refractivity contribution is 5.68. The average Bonchev–Trinajstić information content (AvgIpc) is 2.85. The molecular weight excluding hydrogens is 420 g/mol. The van der Waals surface area contributed by atoms with E-state index in [4.69, 9.17) is 0 Å². The van der Waals surface area contributed by atoms with Crippen molar-refractivity contribution in [2.45, 2.75) is 13.1 Å². The third-order valence-corrected chi connectivity index (χ3v) is 4.82. The molecule has 2 aromatic heterocycles. The van der Waals surface area contributed by atoms with Crippen LogP contribution in [-0.4, -0.2) is 20.2 Å². The van der Waals surface area contributed by atoms with Gasteiger partial charge in [0.15, 0.2) is 5.69 Å². The maximum Gasteiger partial charge on any atom is 0.152 e. The number of azo groups is 1. The van der Waals surface area contributed by atoms with Crippen LogP contribution in [0.2, 0.25) is 0 Å². The van der Waals surface area contributed by atoms with Crippen LogP contribution in [0.15, 0.2) is 101 Å². The van der Waals surface area contributed by atoms with E-state index in [2.05, 4.69) is 30.3 Å². The number of hydrogen-bond acceptors (Lipinski definition) is 9. The summed E-state index contributed by atoms with van der Waals surface area (Å²) in [5.74, 6) is -0.751. The molecule has 0 saturated carbocycles. The summed E-state index contributed by atoms with van der Waals surface area (Å²) in [5.41, 5.74) is 2.85. The van der Waals surface area contributed by atoms with Gasteiger partial charge in [0, 0.05) is 24.5 Å². The van der Waals surface area contributed by atoms with Gasteiger partial charge >= 0.3 is 0 Å². The van der Waals surface area contributed by atoms with Gasteiger partial charge in [-0.05, 0) is 41.6 Å². The first-order valence-corrected chi connectivity index (χ1v) is 10.1. The molecule has 2 heterocycles. The summed E-state index contributed by atoms with van der Waals surface area (Å²) in [4.78, 5) is 21.8. The molecule has 0 aliphatic heterocycles. The number of phenols is 2. The lowest BCUT2D eigenvalue weighted by Crippen LogP contribution is -2.23. The Kier molecular flexibility index (Phi) is 6.60. The lowest BCUT2D eigenvalue weighted by molar-refractivity contribution is 0.452. The van der Waals surface area contributed by atoms with Crippen LogP contribution in [0, 0.1) is 4.91 Å². The molecule has 0 atom stereocenters. The third-order valence-electron chi connectivity index (χ3n) is 4.82. The van der Waals surface area contributed by atoms with Gasteiger partial charge in [-0.1, -0.05) is 24.3 Å². The molecule has 0 spiro atoms. The van der Waals surface area contributed by atoms with Gasteiger partial charge in [-0.3, -0.25) is 9.97 Å². The van der Waals surface area contributed by atoms with Crippen molar-refractivity contribution >= 4 is 22.7 Å². The SMILES string of the molecule is O=Nc1cc(N=Nc2ccccc2N(Cc2ccccn2)Cc2ccccn2)c(O)cc1O. The first-order valence-electron chi connectivity index (χ1n) is 10.1. The van der Waals surface area contributed by atoms with Crippen molar-refractivity contribution < 1.29 is 10.2 Å². The molecule has 9 heteroatoms. The number of nitrogens with zero attached hydrogens (tertiary/aromatic N) is 6. The number of aromatic hydroxyl groups is 2. The standard InChI is InChI=1S/C24H20N6O3/c31-23-14-24(32)21(29-33)13-20(23)28-27-19-9-1-2-10-22(19)30(15-17-7-3-5-11-25-17)16-18-8-4-6-12-26-18/h1-14,31-32H,15-16H2. The van der Waals surface area contributed by atoms with Crippen LogP contribution < -0.4 is 4.90 Å². The highest BCUT2D eigenvalue weighted by atomic mass is 16.3. The highest BCUT2D eigenvalue weighted by Crippen LogP contribution is 2.40. The Morgan fingerprint density at radius 3 is 1.88 bits per heavy atom. The number of para-hydroxylation sites is 1. The molecule has 0 unspecified atom stereocenters. The van der Waals surface area contributed by atoms with Crippen LogP contribution in [0.3, 0.4) is 0 Å². The maximum atomic E-state index is 10.9. The second-order valence-electron chi connectivity index (χ2n) is 7.11. The van der Waals surface area contributed by atoms with Gasteiger partial charge in [-0.25, -0.2) is 0 Å². The lowest BCUT2D eigenvalue weighted by Gasteiger charge is -2.25. The van der Waals surface area contributed by atoms with Gasteiger partial charge in [-0.15, -0.1) is 15.1 Å². The van der Waals surface area contributed by atoms with Gasteiger partial charge in [0.2, 0.25) is 0 Å². The third kappa shape index (κ3) is 5.34. The molecule has 0 saturated heterocycles. The topological polar surface area (TPSA) is 124 Å². The van der Waals surface area contributed by atoms with Crippen molar-refractivity contribution in [2.75, 3.05) is 4.90 Å². The summed E-state index contributed by atoms with van der Waals surface area (Å²) in [5, 5.41) is 30.9. The number of pyridine rings is 2. The second kappa shape index (κ2) is 10.1. The van der Waals surface area contributed by atoms with E-state index >= 15 is 0 Å². The van der Waals surface area contributed by atoms with Gasteiger partial charge in [0.1, 0.15) is 22.9 Å². The summed E-state index contributed by atoms with van der Waals surface area (Å²) < 4.78 is 0. The van der Waals surface area contributed by atoms with Crippen molar-refractivity contribution in [2.24, 2.45) is 15.4 Å². The molecule has 0 aliphatic rings. The number of benzene rings is 2. The summed E-state index contributed by atoms with van der Waals surface area (Å²) in [6.45, 7) is 1.02. The maximum absolute atomic E-state index is 10.9. The van der Waals surface area contributed by atoms with E-state index in [9.17, 15) is 15.1 Å². The van der Waals surface area contributed by atoms with E-state index in [1.54, 1.807) is 18.5 Å². The van der Waals surface area contributed by atoms with E-state index in [1.165, 1.54) is 6.07 Å². The van der Waals surface area contributed by atoms with Crippen LogP contribution in [0.25, 0.3) is 0 Å². The molecule has 2 N–H and O–H groups in total. The van der Waals surface area contributed by atoms with E-state index in [1.807, 2.05) is 54.6 Å². The fourth-order valence-electron chi connectivity index (χ4n) is 3.23. The Balaban J connectivity index is 1.70. The smallest absolute Gasteiger partial charge is 0.152 e. The predicted molar refractivity (Wildman–Crippen MR) is 124 cm³/mol. The predicted octanol–water partition coefficient (Wildman–Crippen LogP) is 5.91. The van der Waals surface area contributed by atoms with Crippen molar-refractivity contribution in [3.63, 3.8) is 0 Å². The monoisotopic (exact) mass is 440 g/mol. The molecule has 164 valence electrons. The fourth-order valence-corrected chi connectivity index (χ4v) is 3.23. The summed E-state index contributed by atoms with van der Waals surface area (Å²) in [6, 6.07) is 21.1. The Morgan fingerprint density at radius 2 is 1.27 bits per heavy atom. The summed E-state index contributed by atoms with van der Waals surface area (Å²) in [6.07, 6.45) is 3.48. The van der Waals surface area contributed by atoms with E-state index in [-0.39, 0.29) is 17.1 Å². The van der Waals surface area contributed by atoms with Crippen LogP contribution >= 0.6 is 0 Å². The molecule has 0 fully saturated rings. The average molecular weight is 440 g/mol. The molecule has 0 radical (unpaired) electrons. The lowest BCUT2D eigenvalue weighted by atomic mass is 10.2. The second-order valence-corrected chi connectivity index (χ2v) is 7.11. The van der Waals surface area contributed by atoms with Gasteiger partial charge in [0.25, 0.3) is 0 Å². The van der Waals surface area contributed by atoms with Crippen molar-refractivity contribution in [3.8, 4) is 11.5 Å². The minimum absolute atomic E-state index is 0.0122. The minimum atomic E-state index is -0.432. The van der Waals surface area contributed by atoms with Gasteiger partial charge < -0.3 is 15.1 Å². The van der Waals surface area contributed by atoms with Crippen LogP contribution in [0.4, 0.5) is 22.7 Å². The normalized spacial score (nSPS) is 10.9. The van der Waals surface area contributed by atoms with Crippen molar-refractivity contribution in [1.29, 1.82) is 0 Å². The summed E-state index contributed by atoms with van der Waals surface area (Å²) >= 11 is 0. The fraction of sp³-hybridized carbons (Fsp3) is 0.0833. The van der Waals surface area contributed by atoms with Gasteiger partial charge in [0.05, 0.1) is 30.2 Å². The Morgan fingerprint density at radius 1 is 0.697 bits per heavy atom. The zero-order valence-electron chi connectivity index (χ0n) is 17.5. The first-order chi connectivity index (χ1) is 16.1. The quantitative estimate of drug-likeness (QED) is 0.259. The van der Waals surface area contributed by atoms with Crippen LogP contribution in [0.1, 0.15) is 11.4 Å². The number of anilines is 1. The number of rotatable bonds is 8. The minimum Gasteiger partial charge on any atom is -0.505 e. The Labute approximate surface area is 189 Å². The number of hydrogen-bond donors (Lipinski definition) is 2. The molecule has 4 aromatic rings. The van der Waals surface area contributed by atoms with Crippen molar-refractivity contribution in [1.82, 2.24) is 9.97 Å². The van der Waals surface area contributed by atoms with Gasteiger partial charge in [-0.2, -0.15) is 0 Å². The van der Waals surface area contributed by atoms with Crippen LogP contribution in [-0.2, 0) is 13.1 Å². The highest BCUT2D eigenvalue weighted by Gasteiger charge is 2.15.